The Kier molecular flexibility index (Phi) is 4.43. The molecule has 126 valence electrons. The van der Waals surface area contributed by atoms with E-state index in [4.69, 9.17) is 0 Å². The van der Waals surface area contributed by atoms with Crippen LogP contribution in [0.3, 0.4) is 0 Å². The molecular formula is C16H23N3O3S. The minimum absolute atomic E-state index is 0.0636. The molecule has 0 atom stereocenters. The SMILES string of the molecule is CC(C)n1cc(S(=O)(=O)Nc2ccc(O)cc2)c(C(C)(C)C)n1. The van der Waals surface area contributed by atoms with Gasteiger partial charge in [-0.1, -0.05) is 20.8 Å². The van der Waals surface area contributed by atoms with E-state index in [2.05, 4.69) is 9.82 Å². The van der Waals surface area contributed by atoms with Gasteiger partial charge in [-0.05, 0) is 38.1 Å². The van der Waals surface area contributed by atoms with E-state index < -0.39 is 15.4 Å². The van der Waals surface area contributed by atoms with Crippen LogP contribution in [-0.2, 0) is 15.4 Å². The van der Waals surface area contributed by atoms with Gasteiger partial charge in [-0.15, -0.1) is 0 Å². The lowest BCUT2D eigenvalue weighted by atomic mass is 9.92. The molecule has 1 aromatic heterocycles. The van der Waals surface area contributed by atoms with Gasteiger partial charge in [0.1, 0.15) is 10.6 Å². The van der Waals surface area contributed by atoms with E-state index in [0.29, 0.717) is 11.4 Å². The molecule has 0 saturated heterocycles. The minimum atomic E-state index is -3.77. The molecule has 6 nitrogen and oxygen atoms in total. The Balaban J connectivity index is 2.48. The highest BCUT2D eigenvalue weighted by atomic mass is 32.2. The third-order valence-corrected chi connectivity index (χ3v) is 4.73. The topological polar surface area (TPSA) is 84.2 Å². The molecule has 23 heavy (non-hydrogen) atoms. The molecule has 0 bridgehead atoms. The molecule has 0 aliphatic carbocycles. The Hall–Kier alpha value is -2.02. The summed E-state index contributed by atoms with van der Waals surface area (Å²) < 4.78 is 29.7. The summed E-state index contributed by atoms with van der Waals surface area (Å²) >= 11 is 0. The Labute approximate surface area is 137 Å². The predicted molar refractivity (Wildman–Crippen MR) is 90.2 cm³/mol. The number of hydrogen-bond acceptors (Lipinski definition) is 4. The van der Waals surface area contributed by atoms with Crippen molar-refractivity contribution in [2.75, 3.05) is 4.72 Å². The molecule has 1 heterocycles. The number of phenolic OH excluding ortho intramolecular Hbond substituents is 1. The van der Waals surface area contributed by atoms with Crippen LogP contribution in [-0.4, -0.2) is 23.3 Å². The van der Waals surface area contributed by atoms with E-state index in [0.717, 1.165) is 0 Å². The lowest BCUT2D eigenvalue weighted by molar-refractivity contribution is 0.475. The molecule has 0 spiro atoms. The number of aromatic hydroxyl groups is 1. The molecule has 0 unspecified atom stereocenters. The summed E-state index contributed by atoms with van der Waals surface area (Å²) in [6.45, 7) is 9.69. The molecule has 0 fully saturated rings. The van der Waals surface area contributed by atoms with E-state index in [1.807, 2.05) is 34.6 Å². The molecule has 0 aliphatic rings. The van der Waals surface area contributed by atoms with Crippen LogP contribution in [0.25, 0.3) is 0 Å². The first-order valence-corrected chi connectivity index (χ1v) is 8.90. The van der Waals surface area contributed by atoms with Gasteiger partial charge in [0.25, 0.3) is 10.0 Å². The number of aromatic nitrogens is 2. The zero-order valence-corrected chi connectivity index (χ0v) is 14.8. The number of rotatable bonds is 4. The van der Waals surface area contributed by atoms with Gasteiger partial charge in [0.05, 0.1) is 5.69 Å². The monoisotopic (exact) mass is 337 g/mol. The van der Waals surface area contributed by atoms with Gasteiger partial charge in [-0.2, -0.15) is 5.10 Å². The Bertz CT molecular complexity index is 785. The van der Waals surface area contributed by atoms with Crippen LogP contribution < -0.4 is 4.72 Å². The molecule has 0 aliphatic heterocycles. The highest BCUT2D eigenvalue weighted by Gasteiger charge is 2.30. The van der Waals surface area contributed by atoms with Gasteiger partial charge in [-0.3, -0.25) is 9.40 Å². The average molecular weight is 337 g/mol. The zero-order valence-electron chi connectivity index (χ0n) is 14.0. The summed E-state index contributed by atoms with van der Waals surface area (Å²) in [6, 6.07) is 5.95. The lowest BCUT2D eigenvalue weighted by Gasteiger charge is -2.18. The van der Waals surface area contributed by atoms with E-state index >= 15 is 0 Å². The molecule has 0 saturated carbocycles. The predicted octanol–water partition coefficient (Wildman–Crippen LogP) is 3.27. The highest BCUT2D eigenvalue weighted by Crippen LogP contribution is 2.30. The van der Waals surface area contributed by atoms with Crippen LogP contribution >= 0.6 is 0 Å². The van der Waals surface area contributed by atoms with Crippen molar-refractivity contribution >= 4 is 15.7 Å². The third-order valence-electron chi connectivity index (χ3n) is 3.35. The van der Waals surface area contributed by atoms with Crippen LogP contribution in [0, 0.1) is 0 Å². The van der Waals surface area contributed by atoms with E-state index in [-0.39, 0.29) is 16.7 Å². The zero-order chi connectivity index (χ0) is 17.4. The quantitative estimate of drug-likeness (QED) is 0.839. The minimum Gasteiger partial charge on any atom is -0.508 e. The summed E-state index contributed by atoms with van der Waals surface area (Å²) in [5, 5.41) is 13.8. The first-order chi connectivity index (χ1) is 10.5. The number of nitrogens with one attached hydrogen (secondary N) is 1. The second-order valence-electron chi connectivity index (χ2n) is 6.82. The van der Waals surface area contributed by atoms with Crippen LogP contribution in [0.4, 0.5) is 5.69 Å². The van der Waals surface area contributed by atoms with Crippen LogP contribution in [0.1, 0.15) is 46.4 Å². The van der Waals surface area contributed by atoms with Crippen molar-refractivity contribution in [1.29, 1.82) is 0 Å². The number of hydrogen-bond donors (Lipinski definition) is 2. The highest BCUT2D eigenvalue weighted by molar-refractivity contribution is 7.92. The molecule has 2 rings (SSSR count). The summed E-state index contributed by atoms with van der Waals surface area (Å²) in [7, 11) is -3.77. The standard InChI is InChI=1S/C16H23N3O3S/c1-11(2)19-10-14(15(17-19)16(3,4)5)23(21,22)18-12-6-8-13(20)9-7-12/h6-11,18,20H,1-5H3. The van der Waals surface area contributed by atoms with E-state index in [1.165, 1.54) is 24.3 Å². The van der Waals surface area contributed by atoms with Gasteiger partial charge in [-0.25, -0.2) is 8.42 Å². The molecular weight excluding hydrogens is 314 g/mol. The summed E-state index contributed by atoms with van der Waals surface area (Å²) in [5.74, 6) is 0.0796. The van der Waals surface area contributed by atoms with Crippen molar-refractivity contribution in [1.82, 2.24) is 9.78 Å². The van der Waals surface area contributed by atoms with Gasteiger partial charge in [0, 0.05) is 23.3 Å². The molecule has 2 N–H and O–H groups in total. The summed E-state index contributed by atoms with van der Waals surface area (Å²) in [5.41, 5.74) is 0.511. The third kappa shape index (κ3) is 3.85. The maximum absolute atomic E-state index is 12.8. The van der Waals surface area contributed by atoms with Gasteiger partial charge < -0.3 is 5.11 Å². The average Bonchev–Trinajstić information content (AvgIpc) is 2.87. The summed E-state index contributed by atoms with van der Waals surface area (Å²) in [4.78, 5) is 0.173. The van der Waals surface area contributed by atoms with Gasteiger partial charge >= 0.3 is 0 Å². The van der Waals surface area contributed by atoms with Crippen molar-refractivity contribution < 1.29 is 13.5 Å². The number of benzene rings is 1. The second kappa shape index (κ2) is 5.88. The van der Waals surface area contributed by atoms with Crippen molar-refractivity contribution in [3.05, 3.63) is 36.2 Å². The fourth-order valence-corrected chi connectivity index (χ4v) is 3.50. The molecule has 1 aromatic carbocycles. The van der Waals surface area contributed by atoms with Crippen LogP contribution in [0.15, 0.2) is 35.4 Å². The number of phenols is 1. The molecule has 2 aromatic rings. The molecule has 0 radical (unpaired) electrons. The van der Waals surface area contributed by atoms with Gasteiger partial charge in [0.2, 0.25) is 0 Å². The Morgan fingerprint density at radius 1 is 1.17 bits per heavy atom. The van der Waals surface area contributed by atoms with E-state index in [9.17, 15) is 13.5 Å². The first-order valence-electron chi connectivity index (χ1n) is 7.42. The lowest BCUT2D eigenvalue weighted by Crippen LogP contribution is -2.20. The Morgan fingerprint density at radius 2 is 1.74 bits per heavy atom. The maximum atomic E-state index is 12.8. The van der Waals surface area contributed by atoms with Gasteiger partial charge in [0.15, 0.2) is 0 Å². The smallest absolute Gasteiger partial charge is 0.265 e. The largest absolute Gasteiger partial charge is 0.508 e. The fourth-order valence-electron chi connectivity index (χ4n) is 2.10. The second-order valence-corrected chi connectivity index (χ2v) is 8.47. The number of nitrogens with zero attached hydrogens (tertiary/aromatic N) is 2. The van der Waals surface area contributed by atoms with Crippen molar-refractivity contribution in [3.63, 3.8) is 0 Å². The maximum Gasteiger partial charge on any atom is 0.265 e. The van der Waals surface area contributed by atoms with Crippen LogP contribution in [0.2, 0.25) is 0 Å². The molecule has 7 heteroatoms. The van der Waals surface area contributed by atoms with E-state index in [1.54, 1.807) is 10.9 Å². The van der Waals surface area contributed by atoms with Crippen LogP contribution in [0.5, 0.6) is 5.75 Å². The van der Waals surface area contributed by atoms with Crippen molar-refractivity contribution in [2.45, 2.75) is 51.0 Å². The normalized spacial score (nSPS) is 12.6. The van der Waals surface area contributed by atoms with Crippen molar-refractivity contribution in [2.24, 2.45) is 0 Å². The Morgan fingerprint density at radius 3 is 2.22 bits per heavy atom. The number of sulfonamides is 1. The molecule has 0 amide bonds. The first kappa shape index (κ1) is 17.3. The van der Waals surface area contributed by atoms with Crippen molar-refractivity contribution in [3.8, 4) is 5.75 Å². The fraction of sp³-hybridized carbons (Fsp3) is 0.438. The number of anilines is 1. The summed E-state index contributed by atoms with van der Waals surface area (Å²) in [6.07, 6.45) is 1.56.